The van der Waals surface area contributed by atoms with Crippen LogP contribution in [0.5, 0.6) is 0 Å². The van der Waals surface area contributed by atoms with Crippen molar-refractivity contribution in [2.45, 2.75) is 6.42 Å². The SMILES string of the molecule is O=C(CCNC(=O)c1ccc2ccccc2c1)NCCNC(=O)c1ccccc1. The van der Waals surface area contributed by atoms with Gasteiger partial charge in [0.15, 0.2) is 0 Å². The second-order valence-electron chi connectivity index (χ2n) is 6.54. The zero-order valence-corrected chi connectivity index (χ0v) is 16.0. The van der Waals surface area contributed by atoms with Crippen LogP contribution in [0.25, 0.3) is 10.8 Å². The standard InChI is InChI=1S/C23H23N3O3/c27-21(24-14-15-26-22(28)18-7-2-1-3-8-18)12-13-25-23(29)20-11-10-17-6-4-5-9-19(17)16-20/h1-11,16H,12-15H2,(H,24,27)(H,25,29)(H,26,28). The molecule has 148 valence electrons. The molecule has 0 fully saturated rings. The smallest absolute Gasteiger partial charge is 0.251 e. The van der Waals surface area contributed by atoms with Gasteiger partial charge in [-0.15, -0.1) is 0 Å². The zero-order valence-electron chi connectivity index (χ0n) is 16.0. The minimum atomic E-state index is -0.210. The van der Waals surface area contributed by atoms with Gasteiger partial charge in [-0.3, -0.25) is 14.4 Å². The van der Waals surface area contributed by atoms with E-state index < -0.39 is 0 Å². The molecule has 6 heteroatoms. The van der Waals surface area contributed by atoms with E-state index in [1.54, 1.807) is 30.3 Å². The maximum absolute atomic E-state index is 12.2. The highest BCUT2D eigenvalue weighted by atomic mass is 16.2. The monoisotopic (exact) mass is 389 g/mol. The first-order chi connectivity index (χ1) is 14.1. The number of benzene rings is 3. The maximum Gasteiger partial charge on any atom is 0.251 e. The number of rotatable bonds is 8. The molecule has 0 aromatic heterocycles. The van der Waals surface area contributed by atoms with Gasteiger partial charge in [-0.05, 0) is 35.0 Å². The summed E-state index contributed by atoms with van der Waals surface area (Å²) in [6.07, 6.45) is 0.173. The molecule has 0 saturated carbocycles. The summed E-state index contributed by atoms with van der Waals surface area (Å²) in [4.78, 5) is 36.0. The Bertz CT molecular complexity index is 1000. The molecular formula is C23H23N3O3. The molecule has 0 radical (unpaired) electrons. The third-order valence-corrected chi connectivity index (χ3v) is 4.42. The third kappa shape index (κ3) is 5.90. The van der Waals surface area contributed by atoms with Gasteiger partial charge < -0.3 is 16.0 Å². The van der Waals surface area contributed by atoms with Gasteiger partial charge in [0, 0.05) is 37.2 Å². The van der Waals surface area contributed by atoms with Gasteiger partial charge >= 0.3 is 0 Å². The van der Waals surface area contributed by atoms with Crippen LogP contribution < -0.4 is 16.0 Å². The Hall–Kier alpha value is -3.67. The van der Waals surface area contributed by atoms with Crippen molar-refractivity contribution in [2.24, 2.45) is 0 Å². The molecule has 0 bridgehead atoms. The summed E-state index contributed by atoms with van der Waals surface area (Å²) in [6.45, 7) is 0.910. The van der Waals surface area contributed by atoms with Crippen molar-refractivity contribution in [2.75, 3.05) is 19.6 Å². The molecule has 3 aromatic rings. The molecule has 6 nitrogen and oxygen atoms in total. The van der Waals surface area contributed by atoms with E-state index >= 15 is 0 Å². The van der Waals surface area contributed by atoms with E-state index in [2.05, 4.69) is 16.0 Å². The number of fused-ring (bicyclic) bond motifs is 1. The molecule has 0 saturated heterocycles. The second-order valence-corrected chi connectivity index (χ2v) is 6.54. The average Bonchev–Trinajstić information content (AvgIpc) is 2.76. The Kier molecular flexibility index (Phi) is 6.95. The highest BCUT2D eigenvalue weighted by Crippen LogP contribution is 2.15. The minimum absolute atomic E-state index is 0.173. The Morgan fingerprint density at radius 3 is 2.00 bits per heavy atom. The number of carbonyl (C=O) groups excluding carboxylic acids is 3. The highest BCUT2D eigenvalue weighted by Gasteiger charge is 2.08. The Morgan fingerprint density at radius 1 is 0.586 bits per heavy atom. The lowest BCUT2D eigenvalue weighted by Gasteiger charge is -2.08. The van der Waals surface area contributed by atoms with Crippen LogP contribution in [0.1, 0.15) is 27.1 Å². The van der Waals surface area contributed by atoms with Crippen molar-refractivity contribution in [3.8, 4) is 0 Å². The molecule has 0 heterocycles. The van der Waals surface area contributed by atoms with Crippen molar-refractivity contribution >= 4 is 28.5 Å². The lowest BCUT2D eigenvalue weighted by Crippen LogP contribution is -2.36. The van der Waals surface area contributed by atoms with Crippen LogP contribution in [-0.2, 0) is 4.79 Å². The predicted molar refractivity (Wildman–Crippen MR) is 113 cm³/mol. The van der Waals surface area contributed by atoms with E-state index in [0.29, 0.717) is 24.2 Å². The van der Waals surface area contributed by atoms with Gasteiger partial charge in [-0.1, -0.05) is 48.5 Å². The number of carbonyl (C=O) groups is 3. The van der Waals surface area contributed by atoms with Crippen LogP contribution in [0, 0.1) is 0 Å². The van der Waals surface area contributed by atoms with E-state index in [4.69, 9.17) is 0 Å². The summed E-state index contributed by atoms with van der Waals surface area (Å²) >= 11 is 0. The van der Waals surface area contributed by atoms with E-state index in [-0.39, 0.29) is 30.7 Å². The van der Waals surface area contributed by atoms with Crippen molar-refractivity contribution in [1.82, 2.24) is 16.0 Å². The molecular weight excluding hydrogens is 366 g/mol. The molecule has 0 spiro atoms. The first-order valence-electron chi connectivity index (χ1n) is 9.50. The lowest BCUT2D eigenvalue weighted by molar-refractivity contribution is -0.120. The Balaban J connectivity index is 1.34. The summed E-state index contributed by atoms with van der Waals surface area (Å²) in [5, 5.41) is 10.3. The predicted octanol–water partition coefficient (Wildman–Crippen LogP) is 2.51. The van der Waals surface area contributed by atoms with Crippen LogP contribution >= 0.6 is 0 Å². The summed E-state index contributed by atoms with van der Waals surface area (Å²) in [5.41, 5.74) is 1.14. The fourth-order valence-corrected chi connectivity index (χ4v) is 2.88. The molecule has 0 aliphatic heterocycles. The fourth-order valence-electron chi connectivity index (χ4n) is 2.88. The van der Waals surface area contributed by atoms with Gasteiger partial charge in [-0.2, -0.15) is 0 Å². The number of amides is 3. The summed E-state index contributed by atoms with van der Waals surface area (Å²) in [5.74, 6) is -0.570. The first-order valence-corrected chi connectivity index (χ1v) is 9.50. The van der Waals surface area contributed by atoms with Crippen molar-refractivity contribution < 1.29 is 14.4 Å². The molecule has 29 heavy (non-hydrogen) atoms. The molecule has 3 aromatic carbocycles. The number of hydrogen-bond acceptors (Lipinski definition) is 3. The van der Waals surface area contributed by atoms with Crippen molar-refractivity contribution in [3.05, 3.63) is 83.9 Å². The second kappa shape index (κ2) is 10.0. The van der Waals surface area contributed by atoms with Crippen LogP contribution in [0.2, 0.25) is 0 Å². The summed E-state index contributed by atoms with van der Waals surface area (Å²) < 4.78 is 0. The summed E-state index contributed by atoms with van der Waals surface area (Å²) in [6, 6.07) is 22.2. The molecule has 0 aliphatic rings. The van der Waals surface area contributed by atoms with Gasteiger partial charge in [-0.25, -0.2) is 0 Å². The fraction of sp³-hybridized carbons (Fsp3) is 0.174. The van der Waals surface area contributed by atoms with Crippen LogP contribution in [0.4, 0.5) is 0 Å². The molecule has 3 rings (SSSR count). The van der Waals surface area contributed by atoms with Gasteiger partial charge in [0.1, 0.15) is 0 Å². The molecule has 0 atom stereocenters. The van der Waals surface area contributed by atoms with E-state index in [9.17, 15) is 14.4 Å². The molecule has 3 N–H and O–H groups in total. The third-order valence-electron chi connectivity index (χ3n) is 4.42. The Morgan fingerprint density at radius 2 is 1.21 bits per heavy atom. The average molecular weight is 389 g/mol. The largest absolute Gasteiger partial charge is 0.354 e. The van der Waals surface area contributed by atoms with Crippen LogP contribution in [-0.4, -0.2) is 37.4 Å². The molecule has 3 amide bonds. The molecule has 0 aliphatic carbocycles. The number of nitrogens with one attached hydrogen (secondary N) is 3. The highest BCUT2D eigenvalue weighted by molar-refractivity contribution is 5.98. The van der Waals surface area contributed by atoms with Gasteiger partial charge in [0.2, 0.25) is 5.91 Å². The topological polar surface area (TPSA) is 87.3 Å². The van der Waals surface area contributed by atoms with E-state index in [1.807, 2.05) is 42.5 Å². The van der Waals surface area contributed by atoms with Crippen LogP contribution in [0.15, 0.2) is 72.8 Å². The van der Waals surface area contributed by atoms with Crippen LogP contribution in [0.3, 0.4) is 0 Å². The maximum atomic E-state index is 12.2. The van der Waals surface area contributed by atoms with Crippen molar-refractivity contribution in [1.29, 1.82) is 0 Å². The molecule has 0 unspecified atom stereocenters. The first kappa shape index (κ1) is 20.1. The van der Waals surface area contributed by atoms with E-state index in [1.165, 1.54) is 0 Å². The summed E-state index contributed by atoms with van der Waals surface area (Å²) in [7, 11) is 0. The van der Waals surface area contributed by atoms with E-state index in [0.717, 1.165) is 10.8 Å². The normalized spacial score (nSPS) is 10.3. The lowest BCUT2D eigenvalue weighted by atomic mass is 10.1. The van der Waals surface area contributed by atoms with Gasteiger partial charge in [0.25, 0.3) is 11.8 Å². The quantitative estimate of drug-likeness (QED) is 0.517. The Labute approximate surface area is 169 Å². The number of hydrogen-bond donors (Lipinski definition) is 3. The minimum Gasteiger partial charge on any atom is -0.354 e. The van der Waals surface area contributed by atoms with Crippen molar-refractivity contribution in [3.63, 3.8) is 0 Å². The van der Waals surface area contributed by atoms with Gasteiger partial charge in [0.05, 0.1) is 0 Å². The zero-order chi connectivity index (χ0) is 20.5.